The van der Waals surface area contributed by atoms with E-state index in [2.05, 4.69) is 69.4 Å². The van der Waals surface area contributed by atoms with Gasteiger partial charge in [0.2, 0.25) is 0 Å². The average Bonchev–Trinajstić information content (AvgIpc) is 3.37. The predicted molar refractivity (Wildman–Crippen MR) is 187 cm³/mol. The van der Waals surface area contributed by atoms with Crippen molar-refractivity contribution < 1.29 is 13.2 Å². The van der Waals surface area contributed by atoms with Gasteiger partial charge in [-0.2, -0.15) is 15.8 Å². The second-order valence-electron chi connectivity index (χ2n) is 18.0. The summed E-state index contributed by atoms with van der Waals surface area (Å²) in [6.07, 6.45) is 9.57. The molecule has 0 aromatic heterocycles. The zero-order valence-corrected chi connectivity index (χ0v) is 31.7. The minimum absolute atomic E-state index is 0.0960. The molecule has 0 amide bonds. The molecule has 5 fully saturated rings. The summed E-state index contributed by atoms with van der Waals surface area (Å²) in [5, 5.41) is 26.3. The van der Waals surface area contributed by atoms with Gasteiger partial charge in [0.15, 0.2) is 0 Å². The molecule has 0 spiro atoms. The summed E-state index contributed by atoms with van der Waals surface area (Å²) >= 11 is 0. The summed E-state index contributed by atoms with van der Waals surface area (Å²) in [5.74, 6) is 1.13. The van der Waals surface area contributed by atoms with Crippen molar-refractivity contribution >= 4 is 0 Å². The minimum atomic E-state index is -2.70. The predicted octanol–water partition coefficient (Wildman–Crippen LogP) is 7.39. The van der Waals surface area contributed by atoms with Gasteiger partial charge in [-0.3, -0.25) is 19.6 Å². The van der Waals surface area contributed by atoms with E-state index >= 15 is 0 Å². The van der Waals surface area contributed by atoms with Crippen LogP contribution in [-0.2, 0) is 0 Å². The maximum absolute atomic E-state index is 13.0. The van der Waals surface area contributed by atoms with Crippen LogP contribution in [0.4, 0.5) is 13.2 Å². The maximum atomic E-state index is 13.0. The van der Waals surface area contributed by atoms with E-state index in [1.165, 1.54) is 19.3 Å². The molecule has 0 bridgehead atoms. The van der Waals surface area contributed by atoms with Gasteiger partial charge in [-0.05, 0) is 115 Å². The van der Waals surface area contributed by atoms with Crippen molar-refractivity contribution in [3.8, 4) is 30.6 Å². The number of alkyl halides is 3. The topological polar surface area (TPSA) is 84.3 Å². The molecule has 10 heteroatoms. The maximum Gasteiger partial charge on any atom is 0.263 e. The summed E-state index contributed by atoms with van der Waals surface area (Å²) in [7, 11) is 0. The molecule has 48 heavy (non-hydrogen) atoms. The second kappa shape index (κ2) is 15.7. The Morgan fingerprint density at radius 2 is 1.19 bits per heavy atom. The second-order valence-corrected chi connectivity index (χ2v) is 18.0. The molecule has 1 saturated carbocycles. The summed E-state index contributed by atoms with van der Waals surface area (Å²) in [5.41, 5.74) is -0.0363. The van der Waals surface area contributed by atoms with Crippen molar-refractivity contribution in [2.75, 3.05) is 19.6 Å². The van der Waals surface area contributed by atoms with Crippen molar-refractivity contribution in [1.29, 1.82) is 15.8 Å². The number of likely N-dealkylation sites (tertiary alicyclic amines) is 4. The van der Waals surface area contributed by atoms with Crippen LogP contribution in [0.15, 0.2) is 0 Å². The van der Waals surface area contributed by atoms with Crippen LogP contribution in [0.3, 0.4) is 0 Å². The van der Waals surface area contributed by atoms with E-state index in [1.54, 1.807) is 4.90 Å². The van der Waals surface area contributed by atoms with Crippen LogP contribution >= 0.6 is 0 Å². The van der Waals surface area contributed by atoms with Crippen LogP contribution in [0, 0.1) is 52.3 Å². The Labute approximate surface area is 290 Å². The van der Waals surface area contributed by atoms with E-state index in [4.69, 9.17) is 22.2 Å². The summed E-state index contributed by atoms with van der Waals surface area (Å²) in [4.78, 5) is 8.30. The first-order valence-corrected chi connectivity index (χ1v) is 17.6. The third-order valence-electron chi connectivity index (χ3n) is 9.88. The minimum Gasteiger partial charge on any atom is -0.283 e. The number of nitriles is 3. The fourth-order valence-electron chi connectivity index (χ4n) is 7.56. The van der Waals surface area contributed by atoms with Gasteiger partial charge in [-0.15, -0.1) is 6.42 Å². The van der Waals surface area contributed by atoms with Crippen LogP contribution in [0.2, 0.25) is 0 Å². The lowest BCUT2D eigenvalue weighted by molar-refractivity contribution is 0.00155. The molecule has 0 unspecified atom stereocenters. The SMILES string of the molecule is C#C[C@@H]1C[C@@H]2C[C@@H]2N1C(C)(C)C.CC(C)(C)N1CC(F)(F)C[C@H]1C#N.CC(C)(C)N1CCC[C@H]1C#N.CC(C)(C)N1C[C@@H](F)C[C@H]1C#N. The smallest absolute Gasteiger partial charge is 0.263 e. The number of nitrogens with zero attached hydrogens (tertiary/aromatic N) is 7. The molecule has 4 saturated heterocycles. The highest BCUT2D eigenvalue weighted by Crippen LogP contribution is 2.50. The average molecular weight is 674 g/mol. The third-order valence-corrected chi connectivity index (χ3v) is 9.88. The number of piperidine rings is 1. The Balaban J connectivity index is 0.000000223. The first kappa shape index (κ1) is 41.8. The Morgan fingerprint density at radius 1 is 0.667 bits per heavy atom. The van der Waals surface area contributed by atoms with Crippen molar-refractivity contribution in [3.63, 3.8) is 0 Å². The van der Waals surface area contributed by atoms with Crippen molar-refractivity contribution in [2.24, 2.45) is 5.92 Å². The van der Waals surface area contributed by atoms with E-state index in [0.29, 0.717) is 19.0 Å². The molecule has 7 atom stereocenters. The van der Waals surface area contributed by atoms with E-state index in [-0.39, 0.29) is 47.2 Å². The van der Waals surface area contributed by atoms with E-state index < -0.39 is 18.1 Å². The Kier molecular flexibility index (Phi) is 13.7. The molecule has 4 aliphatic heterocycles. The highest BCUT2D eigenvalue weighted by Gasteiger charge is 2.54. The summed E-state index contributed by atoms with van der Waals surface area (Å²) < 4.78 is 38.9. The molecule has 4 heterocycles. The van der Waals surface area contributed by atoms with E-state index in [0.717, 1.165) is 24.9 Å². The number of terminal acetylenes is 1. The van der Waals surface area contributed by atoms with Crippen LogP contribution in [0.5, 0.6) is 0 Å². The van der Waals surface area contributed by atoms with Crippen molar-refractivity contribution in [2.45, 2.75) is 186 Å². The molecule has 5 rings (SSSR count). The Hall–Kier alpha value is -2.34. The highest BCUT2D eigenvalue weighted by atomic mass is 19.3. The number of fused-ring (bicyclic) bond motifs is 1. The molecule has 270 valence electrons. The molecule has 0 aromatic rings. The normalized spacial score (nSPS) is 32.1. The lowest BCUT2D eigenvalue weighted by Gasteiger charge is -2.36. The molecular weight excluding hydrogens is 611 g/mol. The van der Waals surface area contributed by atoms with Gasteiger partial charge in [0.25, 0.3) is 5.92 Å². The molecule has 1 aliphatic carbocycles. The summed E-state index contributed by atoms with van der Waals surface area (Å²) in [6.45, 7) is 26.1. The van der Waals surface area contributed by atoms with Gasteiger partial charge in [0, 0.05) is 54.1 Å². The number of rotatable bonds is 0. The third kappa shape index (κ3) is 11.4. The van der Waals surface area contributed by atoms with Crippen LogP contribution in [-0.4, -0.2) is 104 Å². The fourth-order valence-corrected chi connectivity index (χ4v) is 7.56. The number of halogens is 3. The van der Waals surface area contributed by atoms with Gasteiger partial charge < -0.3 is 0 Å². The van der Waals surface area contributed by atoms with Gasteiger partial charge >= 0.3 is 0 Å². The van der Waals surface area contributed by atoms with Gasteiger partial charge in [0.05, 0.1) is 36.8 Å². The van der Waals surface area contributed by atoms with Gasteiger partial charge in [0.1, 0.15) is 18.3 Å². The van der Waals surface area contributed by atoms with E-state index in [1.807, 2.05) is 52.5 Å². The Bertz CT molecular complexity index is 1210. The largest absolute Gasteiger partial charge is 0.283 e. The standard InChI is InChI=1S/C11H17N.C9H14F2N2.C9H15FN2.C9H16N2/c1-5-9-6-8-7-10(8)12(9)11(2,3)4;1-8(2,3)13-6-9(10,11)4-7(13)5-12;1-9(2,3)12-6-7(10)4-8(12)5-11;1-9(2,3)11-6-4-5-8(11)7-10/h1,8-10H,6-7H2,2-4H3;7H,4,6H2,1-3H3;7-8H,4,6H2,1-3H3;8H,4-6H2,1-3H3/t8-,9-,10+;7-;7-,8-;8-/m1000/s1. The monoisotopic (exact) mass is 674 g/mol. The zero-order valence-electron chi connectivity index (χ0n) is 31.7. The molecule has 0 radical (unpaired) electrons. The van der Waals surface area contributed by atoms with Crippen LogP contribution in [0.25, 0.3) is 0 Å². The Morgan fingerprint density at radius 3 is 1.54 bits per heavy atom. The molecule has 0 N–H and O–H groups in total. The fraction of sp³-hybridized carbons (Fsp3) is 0.868. The van der Waals surface area contributed by atoms with Crippen molar-refractivity contribution in [1.82, 2.24) is 19.6 Å². The van der Waals surface area contributed by atoms with Crippen LogP contribution < -0.4 is 0 Å². The molecule has 5 aliphatic rings. The number of hydrogen-bond acceptors (Lipinski definition) is 7. The summed E-state index contributed by atoms with van der Waals surface area (Å²) in [6, 6.07) is 6.91. The lowest BCUT2D eigenvalue weighted by Crippen LogP contribution is -2.46. The first-order valence-electron chi connectivity index (χ1n) is 17.6. The highest BCUT2D eigenvalue weighted by molar-refractivity contribution is 5.17. The molecule has 7 nitrogen and oxygen atoms in total. The zero-order chi connectivity index (χ0) is 37.0. The molecular formula is C38H62F3N7. The number of hydrogen-bond donors (Lipinski definition) is 0. The van der Waals surface area contributed by atoms with Gasteiger partial charge in [-0.25, -0.2) is 13.2 Å². The quantitative estimate of drug-likeness (QED) is 0.248. The van der Waals surface area contributed by atoms with Gasteiger partial charge in [-0.1, -0.05) is 5.92 Å². The lowest BCUT2D eigenvalue weighted by atomic mass is 10.0. The van der Waals surface area contributed by atoms with Crippen molar-refractivity contribution in [3.05, 3.63) is 0 Å². The van der Waals surface area contributed by atoms with Crippen LogP contribution in [0.1, 0.15) is 122 Å². The molecule has 0 aromatic carbocycles. The van der Waals surface area contributed by atoms with E-state index in [9.17, 15) is 13.2 Å². The first-order chi connectivity index (χ1) is 21.8.